The Kier molecular flexibility index (Phi) is 5.01. The minimum absolute atomic E-state index is 0.276. The molecule has 5 heteroatoms. The fourth-order valence-corrected chi connectivity index (χ4v) is 3.60. The van der Waals surface area contributed by atoms with E-state index in [-0.39, 0.29) is 5.38 Å². The van der Waals surface area contributed by atoms with Crippen molar-refractivity contribution in [1.29, 1.82) is 0 Å². The Morgan fingerprint density at radius 3 is 2.22 bits per heavy atom. The largest absolute Gasteiger partial charge is 0.113 e. The molecule has 0 nitrogen and oxygen atoms in total. The molecule has 0 aliphatic heterocycles. The molecule has 1 unspecified atom stereocenters. The first-order chi connectivity index (χ1) is 8.49. The summed E-state index contributed by atoms with van der Waals surface area (Å²) >= 11 is 25.3. The second kappa shape index (κ2) is 6.15. The van der Waals surface area contributed by atoms with Crippen LogP contribution in [0.4, 0.5) is 0 Å². The van der Waals surface area contributed by atoms with E-state index in [1.165, 1.54) is 0 Å². The van der Waals surface area contributed by atoms with E-state index in [0.717, 1.165) is 20.1 Å². The zero-order valence-corrected chi connectivity index (χ0v) is 14.4. The molecule has 0 bridgehead atoms. The van der Waals surface area contributed by atoms with E-state index in [4.69, 9.17) is 34.8 Å². The van der Waals surface area contributed by atoms with E-state index in [2.05, 4.69) is 31.9 Å². The maximum absolute atomic E-state index is 6.47. The van der Waals surface area contributed by atoms with Gasteiger partial charge in [0, 0.05) is 8.95 Å². The minimum Gasteiger partial charge on any atom is -0.113 e. The van der Waals surface area contributed by atoms with Crippen molar-refractivity contribution in [2.24, 2.45) is 0 Å². The van der Waals surface area contributed by atoms with Crippen molar-refractivity contribution in [1.82, 2.24) is 0 Å². The molecule has 94 valence electrons. The third kappa shape index (κ3) is 3.23. The molecule has 0 aliphatic rings. The lowest BCUT2D eigenvalue weighted by molar-refractivity contribution is 1.13. The zero-order chi connectivity index (χ0) is 13.3. The zero-order valence-electron chi connectivity index (χ0n) is 8.93. The fraction of sp³-hybridized carbons (Fsp3) is 0.0769. The lowest BCUT2D eigenvalue weighted by atomic mass is 10.0. The van der Waals surface area contributed by atoms with Gasteiger partial charge in [-0.1, -0.05) is 67.2 Å². The van der Waals surface area contributed by atoms with Gasteiger partial charge in [0.1, 0.15) is 0 Å². The highest BCUT2D eigenvalue weighted by atomic mass is 79.9. The molecule has 0 fully saturated rings. The summed E-state index contributed by atoms with van der Waals surface area (Å²) in [7, 11) is 0. The van der Waals surface area contributed by atoms with E-state index >= 15 is 0 Å². The van der Waals surface area contributed by atoms with Crippen LogP contribution in [0.1, 0.15) is 16.5 Å². The van der Waals surface area contributed by atoms with Crippen LogP contribution in [-0.2, 0) is 0 Å². The Hall–Kier alpha value is 0.270. The Balaban J connectivity index is 2.41. The van der Waals surface area contributed by atoms with Crippen LogP contribution in [0, 0.1) is 0 Å². The molecule has 2 rings (SSSR count). The van der Waals surface area contributed by atoms with Crippen molar-refractivity contribution in [3.05, 3.63) is 66.5 Å². The normalized spacial score (nSPS) is 12.5. The molecule has 0 aromatic heterocycles. The third-order valence-electron chi connectivity index (χ3n) is 2.47. The van der Waals surface area contributed by atoms with E-state index < -0.39 is 0 Å². The second-order valence-corrected chi connectivity index (χ2v) is 6.72. The van der Waals surface area contributed by atoms with Crippen LogP contribution in [0.15, 0.2) is 45.3 Å². The summed E-state index contributed by atoms with van der Waals surface area (Å²) in [6.45, 7) is 0. The number of benzene rings is 2. The Labute approximate surface area is 137 Å². The smallest absolute Gasteiger partial charge is 0.0846 e. The quantitative estimate of drug-likeness (QED) is 0.458. The van der Waals surface area contributed by atoms with Gasteiger partial charge in [-0.15, -0.1) is 11.6 Å². The lowest BCUT2D eigenvalue weighted by Crippen LogP contribution is -1.94. The van der Waals surface area contributed by atoms with E-state index in [1.54, 1.807) is 12.1 Å². The molecule has 2 aromatic carbocycles. The van der Waals surface area contributed by atoms with Gasteiger partial charge in [0.2, 0.25) is 0 Å². The standard InChI is InChI=1S/C13H7Br2Cl3/c14-8-2-3-9(10(15)6-8)13(18)7-1-4-11(16)12(17)5-7/h1-6,13H. The van der Waals surface area contributed by atoms with Crippen molar-refractivity contribution in [3.8, 4) is 0 Å². The molecule has 0 radical (unpaired) electrons. The molecule has 0 saturated carbocycles. The van der Waals surface area contributed by atoms with Crippen LogP contribution < -0.4 is 0 Å². The number of halogens is 5. The maximum Gasteiger partial charge on any atom is 0.0846 e. The van der Waals surface area contributed by atoms with Crippen molar-refractivity contribution < 1.29 is 0 Å². The van der Waals surface area contributed by atoms with Gasteiger partial charge in [-0.05, 0) is 35.4 Å². The molecular weight excluding hydrogens is 422 g/mol. The first-order valence-corrected chi connectivity index (χ1v) is 7.81. The lowest BCUT2D eigenvalue weighted by Gasteiger charge is -2.13. The maximum atomic E-state index is 6.47. The van der Waals surface area contributed by atoms with Crippen molar-refractivity contribution in [2.75, 3.05) is 0 Å². The molecule has 18 heavy (non-hydrogen) atoms. The molecule has 0 saturated heterocycles. The van der Waals surface area contributed by atoms with Crippen LogP contribution in [0.25, 0.3) is 0 Å². The summed E-state index contributed by atoms with van der Waals surface area (Å²) in [5.41, 5.74) is 1.90. The topological polar surface area (TPSA) is 0 Å². The summed E-state index contributed by atoms with van der Waals surface area (Å²) in [6, 6.07) is 11.3. The third-order valence-corrected chi connectivity index (χ3v) is 4.88. The Morgan fingerprint density at radius 1 is 0.889 bits per heavy atom. The van der Waals surface area contributed by atoms with Crippen LogP contribution in [0.5, 0.6) is 0 Å². The van der Waals surface area contributed by atoms with Crippen LogP contribution in [-0.4, -0.2) is 0 Å². The Bertz CT molecular complexity index is 584. The van der Waals surface area contributed by atoms with Crippen LogP contribution >= 0.6 is 66.7 Å². The highest BCUT2D eigenvalue weighted by molar-refractivity contribution is 9.11. The predicted molar refractivity (Wildman–Crippen MR) is 86.0 cm³/mol. The van der Waals surface area contributed by atoms with Gasteiger partial charge < -0.3 is 0 Å². The minimum atomic E-state index is -0.276. The first-order valence-electron chi connectivity index (χ1n) is 5.03. The number of hydrogen-bond donors (Lipinski definition) is 0. The number of hydrogen-bond acceptors (Lipinski definition) is 0. The van der Waals surface area contributed by atoms with Gasteiger partial charge in [-0.3, -0.25) is 0 Å². The van der Waals surface area contributed by atoms with Crippen molar-refractivity contribution in [2.45, 2.75) is 5.38 Å². The average molecular weight is 429 g/mol. The molecule has 1 atom stereocenters. The molecule has 0 spiro atoms. The van der Waals surface area contributed by atoms with Gasteiger partial charge in [0.15, 0.2) is 0 Å². The predicted octanol–water partition coefficient (Wildman–Crippen LogP) is 6.85. The first kappa shape index (κ1) is 14.7. The van der Waals surface area contributed by atoms with Crippen LogP contribution in [0.2, 0.25) is 10.0 Å². The van der Waals surface area contributed by atoms with Crippen molar-refractivity contribution in [3.63, 3.8) is 0 Å². The van der Waals surface area contributed by atoms with E-state index in [0.29, 0.717) is 10.0 Å². The van der Waals surface area contributed by atoms with E-state index in [9.17, 15) is 0 Å². The SMILES string of the molecule is Clc1ccc(C(Cl)c2ccc(Br)cc2Br)cc1Cl. The average Bonchev–Trinajstić information content (AvgIpc) is 2.32. The summed E-state index contributed by atoms with van der Waals surface area (Å²) in [6.07, 6.45) is 0. The summed E-state index contributed by atoms with van der Waals surface area (Å²) in [5, 5.41) is 0.759. The molecule has 0 aliphatic carbocycles. The number of rotatable bonds is 2. The fourth-order valence-electron chi connectivity index (χ4n) is 1.56. The van der Waals surface area contributed by atoms with Crippen molar-refractivity contribution >= 4 is 66.7 Å². The molecule has 0 amide bonds. The Morgan fingerprint density at radius 2 is 1.61 bits per heavy atom. The molecule has 2 aromatic rings. The molecular formula is C13H7Br2Cl3. The molecule has 0 heterocycles. The highest BCUT2D eigenvalue weighted by Gasteiger charge is 2.15. The van der Waals surface area contributed by atoms with Crippen LogP contribution in [0.3, 0.4) is 0 Å². The number of alkyl halides is 1. The summed E-state index contributed by atoms with van der Waals surface area (Å²) < 4.78 is 1.94. The highest BCUT2D eigenvalue weighted by Crippen LogP contribution is 2.37. The second-order valence-electron chi connectivity index (χ2n) is 3.70. The van der Waals surface area contributed by atoms with Gasteiger partial charge in [-0.25, -0.2) is 0 Å². The van der Waals surface area contributed by atoms with Gasteiger partial charge in [-0.2, -0.15) is 0 Å². The summed E-state index contributed by atoms with van der Waals surface area (Å²) in [4.78, 5) is 0. The molecule has 0 N–H and O–H groups in total. The van der Waals surface area contributed by atoms with Gasteiger partial charge in [0.05, 0.1) is 15.4 Å². The van der Waals surface area contributed by atoms with E-state index in [1.807, 2.05) is 24.3 Å². The van der Waals surface area contributed by atoms with Gasteiger partial charge in [0.25, 0.3) is 0 Å². The monoisotopic (exact) mass is 426 g/mol. The van der Waals surface area contributed by atoms with Gasteiger partial charge >= 0.3 is 0 Å². The summed E-state index contributed by atoms with van der Waals surface area (Å²) in [5.74, 6) is 0.